The van der Waals surface area contributed by atoms with Crippen molar-refractivity contribution < 1.29 is 18.7 Å². The summed E-state index contributed by atoms with van der Waals surface area (Å²) < 4.78 is 16.2. The molecule has 18 heavy (non-hydrogen) atoms. The summed E-state index contributed by atoms with van der Waals surface area (Å²) in [6.07, 6.45) is 4.97. The van der Waals surface area contributed by atoms with Gasteiger partial charge in [-0.05, 0) is 18.9 Å². The monoisotopic (exact) mass is 251 g/mol. The lowest BCUT2D eigenvalue weighted by molar-refractivity contribution is -0.0639. The van der Waals surface area contributed by atoms with E-state index in [1.54, 1.807) is 13.2 Å². The average Bonchev–Trinajstić information content (AvgIpc) is 3.05. The number of likely N-dealkylation sites (tertiary alicyclic amines) is 1. The second-order valence-electron chi connectivity index (χ2n) is 4.79. The molecular formula is C13H17NO4. The molecule has 1 aromatic rings. The van der Waals surface area contributed by atoms with Crippen molar-refractivity contribution in [2.45, 2.75) is 31.1 Å². The van der Waals surface area contributed by atoms with Gasteiger partial charge in [-0.1, -0.05) is 0 Å². The van der Waals surface area contributed by atoms with E-state index in [2.05, 4.69) is 0 Å². The van der Waals surface area contributed by atoms with Crippen LogP contribution in [-0.2, 0) is 9.47 Å². The summed E-state index contributed by atoms with van der Waals surface area (Å²) in [5.41, 5.74) is 0.594. The number of methoxy groups -OCH3 is 1. The average molecular weight is 251 g/mol. The van der Waals surface area contributed by atoms with E-state index in [1.807, 2.05) is 4.90 Å². The van der Waals surface area contributed by atoms with E-state index in [-0.39, 0.29) is 24.2 Å². The summed E-state index contributed by atoms with van der Waals surface area (Å²) in [4.78, 5) is 14.2. The largest absolute Gasteiger partial charge is 0.472 e. The summed E-state index contributed by atoms with van der Waals surface area (Å²) in [5, 5.41) is 0. The maximum atomic E-state index is 12.4. The number of carbonyl (C=O) groups is 1. The van der Waals surface area contributed by atoms with Gasteiger partial charge < -0.3 is 18.8 Å². The fourth-order valence-corrected chi connectivity index (χ4v) is 2.90. The van der Waals surface area contributed by atoms with E-state index in [4.69, 9.17) is 13.9 Å². The first-order valence-corrected chi connectivity index (χ1v) is 6.29. The first-order chi connectivity index (χ1) is 8.81. The van der Waals surface area contributed by atoms with Gasteiger partial charge in [0.2, 0.25) is 0 Å². The van der Waals surface area contributed by atoms with Crippen LogP contribution < -0.4 is 0 Å². The highest BCUT2D eigenvalue weighted by molar-refractivity contribution is 5.94. The fourth-order valence-electron chi connectivity index (χ4n) is 2.90. The minimum Gasteiger partial charge on any atom is -0.472 e. The van der Waals surface area contributed by atoms with Gasteiger partial charge in [-0.3, -0.25) is 4.79 Å². The zero-order valence-electron chi connectivity index (χ0n) is 10.4. The molecule has 0 spiro atoms. The van der Waals surface area contributed by atoms with Crippen LogP contribution in [0.4, 0.5) is 0 Å². The molecule has 0 radical (unpaired) electrons. The Hall–Kier alpha value is -1.33. The smallest absolute Gasteiger partial charge is 0.257 e. The number of amides is 1. The van der Waals surface area contributed by atoms with E-state index in [1.165, 1.54) is 12.5 Å². The molecule has 0 N–H and O–H groups in total. The van der Waals surface area contributed by atoms with Gasteiger partial charge in [0.05, 0.1) is 24.4 Å². The van der Waals surface area contributed by atoms with Crippen LogP contribution in [0.25, 0.3) is 0 Å². The number of hydrogen-bond acceptors (Lipinski definition) is 4. The van der Waals surface area contributed by atoms with Gasteiger partial charge >= 0.3 is 0 Å². The van der Waals surface area contributed by atoms with Gasteiger partial charge in [-0.25, -0.2) is 0 Å². The lowest BCUT2D eigenvalue weighted by Gasteiger charge is -2.31. The number of nitrogens with zero attached hydrogens (tertiary/aromatic N) is 1. The summed E-state index contributed by atoms with van der Waals surface area (Å²) in [6, 6.07) is 1.83. The Morgan fingerprint density at radius 3 is 3.17 bits per heavy atom. The first kappa shape index (κ1) is 11.7. The van der Waals surface area contributed by atoms with E-state index in [9.17, 15) is 4.79 Å². The zero-order valence-corrected chi connectivity index (χ0v) is 10.4. The predicted octanol–water partition coefficient (Wildman–Crippen LogP) is 1.30. The number of carbonyl (C=O) groups excluding carboxylic acids is 1. The third-order valence-corrected chi connectivity index (χ3v) is 3.81. The summed E-state index contributed by atoms with van der Waals surface area (Å²) in [7, 11) is 1.67. The highest BCUT2D eigenvalue weighted by Gasteiger charge is 2.46. The molecule has 0 saturated carbocycles. The highest BCUT2D eigenvalue weighted by atomic mass is 16.5. The molecule has 2 aliphatic heterocycles. The second-order valence-corrected chi connectivity index (χ2v) is 4.79. The maximum absolute atomic E-state index is 12.4. The quantitative estimate of drug-likeness (QED) is 0.795. The van der Waals surface area contributed by atoms with Crippen molar-refractivity contribution in [2.75, 3.05) is 20.3 Å². The summed E-state index contributed by atoms with van der Waals surface area (Å²) in [6.45, 7) is 1.35. The van der Waals surface area contributed by atoms with Crippen molar-refractivity contribution in [3.8, 4) is 0 Å². The van der Waals surface area contributed by atoms with Crippen LogP contribution in [0.2, 0.25) is 0 Å². The molecule has 0 unspecified atom stereocenters. The molecule has 0 aliphatic carbocycles. The van der Waals surface area contributed by atoms with Crippen molar-refractivity contribution in [3.63, 3.8) is 0 Å². The molecule has 5 heteroatoms. The van der Waals surface area contributed by atoms with Crippen LogP contribution in [0.5, 0.6) is 0 Å². The molecule has 5 nitrogen and oxygen atoms in total. The molecule has 3 heterocycles. The fraction of sp³-hybridized carbons (Fsp3) is 0.615. The Kier molecular flexibility index (Phi) is 3.09. The van der Waals surface area contributed by atoms with Crippen molar-refractivity contribution in [2.24, 2.45) is 0 Å². The minimum absolute atomic E-state index is 0.00352. The molecule has 2 aliphatic rings. The lowest BCUT2D eigenvalue weighted by Crippen LogP contribution is -2.43. The van der Waals surface area contributed by atoms with Crippen molar-refractivity contribution in [1.82, 2.24) is 4.90 Å². The van der Waals surface area contributed by atoms with Crippen molar-refractivity contribution in [1.29, 1.82) is 0 Å². The Morgan fingerprint density at radius 1 is 1.56 bits per heavy atom. The molecule has 0 bridgehead atoms. The number of rotatable bonds is 2. The van der Waals surface area contributed by atoms with Gasteiger partial charge in [0.1, 0.15) is 18.5 Å². The number of fused-ring (bicyclic) bond motifs is 1. The Bertz CT molecular complexity index is 417. The maximum Gasteiger partial charge on any atom is 0.257 e. The van der Waals surface area contributed by atoms with Crippen LogP contribution in [0.3, 0.4) is 0 Å². The van der Waals surface area contributed by atoms with Crippen molar-refractivity contribution in [3.05, 3.63) is 24.2 Å². The predicted molar refractivity (Wildman–Crippen MR) is 63.3 cm³/mol. The minimum atomic E-state index is -0.0221. The Labute approximate surface area is 106 Å². The number of hydrogen-bond donors (Lipinski definition) is 0. The molecule has 2 saturated heterocycles. The Morgan fingerprint density at radius 2 is 2.44 bits per heavy atom. The molecule has 1 aromatic heterocycles. The molecule has 2 fully saturated rings. The van der Waals surface area contributed by atoms with Crippen LogP contribution in [0, 0.1) is 0 Å². The van der Waals surface area contributed by atoms with E-state index in [0.717, 1.165) is 19.4 Å². The topological polar surface area (TPSA) is 51.9 Å². The third-order valence-electron chi connectivity index (χ3n) is 3.81. The molecule has 1 amide bonds. The first-order valence-electron chi connectivity index (χ1n) is 6.29. The molecule has 98 valence electrons. The molecule has 0 aromatic carbocycles. The standard InChI is InChI=1S/C13H17NO4/c1-16-11-7-14(10-3-2-5-18-12(10)11)13(15)9-4-6-17-8-9/h4,6,8,10-12H,2-3,5,7H2,1H3/t10-,11+,12+/m1/s1. The van der Waals surface area contributed by atoms with E-state index in [0.29, 0.717) is 12.1 Å². The van der Waals surface area contributed by atoms with Gasteiger partial charge in [-0.2, -0.15) is 0 Å². The van der Waals surface area contributed by atoms with Gasteiger partial charge in [0.25, 0.3) is 5.91 Å². The van der Waals surface area contributed by atoms with Gasteiger partial charge in [0.15, 0.2) is 0 Å². The van der Waals surface area contributed by atoms with E-state index >= 15 is 0 Å². The zero-order chi connectivity index (χ0) is 12.5. The van der Waals surface area contributed by atoms with Crippen molar-refractivity contribution >= 4 is 5.91 Å². The SMILES string of the molecule is CO[C@H]1CN(C(=O)c2ccoc2)[C@@H]2CCCO[C@H]12. The highest BCUT2D eigenvalue weighted by Crippen LogP contribution is 2.31. The number of furan rings is 1. The lowest BCUT2D eigenvalue weighted by atomic mass is 10.0. The number of ether oxygens (including phenoxy) is 2. The normalized spacial score (nSPS) is 31.4. The van der Waals surface area contributed by atoms with E-state index < -0.39 is 0 Å². The van der Waals surface area contributed by atoms with Crippen LogP contribution in [0.1, 0.15) is 23.2 Å². The van der Waals surface area contributed by atoms with Crippen LogP contribution in [-0.4, -0.2) is 49.3 Å². The Balaban J connectivity index is 1.82. The third kappa shape index (κ3) is 1.83. The summed E-state index contributed by atoms with van der Waals surface area (Å²) >= 11 is 0. The summed E-state index contributed by atoms with van der Waals surface area (Å²) in [5.74, 6) is 0.00352. The van der Waals surface area contributed by atoms with Crippen LogP contribution >= 0.6 is 0 Å². The van der Waals surface area contributed by atoms with Gasteiger partial charge in [0, 0.05) is 13.7 Å². The molecular weight excluding hydrogens is 234 g/mol. The van der Waals surface area contributed by atoms with Gasteiger partial charge in [-0.15, -0.1) is 0 Å². The second kappa shape index (κ2) is 4.74. The molecule has 3 atom stereocenters. The molecule has 3 rings (SSSR count). The van der Waals surface area contributed by atoms with Crippen LogP contribution in [0.15, 0.2) is 23.0 Å².